The predicted molar refractivity (Wildman–Crippen MR) is 66.1 cm³/mol. The Morgan fingerprint density at radius 1 is 1.53 bits per heavy atom. The van der Waals surface area contributed by atoms with E-state index in [0.717, 1.165) is 0 Å². The van der Waals surface area contributed by atoms with Crippen molar-refractivity contribution >= 4 is 27.8 Å². The lowest BCUT2D eigenvalue weighted by molar-refractivity contribution is -0.120. The molecule has 1 aromatic carbocycles. The third kappa shape index (κ3) is 2.46. The molecular formula is C11H11BrFN3O. The summed E-state index contributed by atoms with van der Waals surface area (Å²) in [4.78, 5) is 15.8. The first-order chi connectivity index (χ1) is 8.11. The van der Waals surface area contributed by atoms with E-state index >= 15 is 0 Å². The molecule has 1 aliphatic rings. The minimum atomic E-state index is -0.532. The lowest BCUT2D eigenvalue weighted by atomic mass is 10.1. The van der Waals surface area contributed by atoms with Gasteiger partial charge in [0.1, 0.15) is 11.9 Å². The molecule has 2 N–H and O–H groups in total. The number of hydrogen-bond acceptors (Lipinski definition) is 2. The van der Waals surface area contributed by atoms with Crippen molar-refractivity contribution in [2.45, 2.75) is 13.0 Å². The summed E-state index contributed by atoms with van der Waals surface area (Å²) in [6.45, 7) is 2.46. The quantitative estimate of drug-likeness (QED) is 0.874. The zero-order chi connectivity index (χ0) is 12.4. The normalized spacial score (nSPS) is 21.5. The smallest absolute Gasteiger partial charge is 0.253 e. The Balaban J connectivity index is 2.29. The summed E-state index contributed by atoms with van der Waals surface area (Å²) in [7, 11) is 0. The SMILES string of the molecule is CCN=C1NC(=O)C(c2ccc(F)cc2Br)N1. The first-order valence-corrected chi connectivity index (χ1v) is 5.98. The molecule has 0 aromatic heterocycles. The topological polar surface area (TPSA) is 53.5 Å². The molecule has 1 saturated heterocycles. The highest BCUT2D eigenvalue weighted by molar-refractivity contribution is 9.10. The Morgan fingerprint density at radius 3 is 2.94 bits per heavy atom. The zero-order valence-corrected chi connectivity index (χ0v) is 10.7. The molecule has 6 heteroatoms. The summed E-state index contributed by atoms with van der Waals surface area (Å²) >= 11 is 3.24. The van der Waals surface area contributed by atoms with Gasteiger partial charge in [-0.15, -0.1) is 0 Å². The Hall–Kier alpha value is -1.43. The van der Waals surface area contributed by atoms with Crippen LogP contribution in [-0.4, -0.2) is 18.4 Å². The molecule has 1 atom stereocenters. The maximum atomic E-state index is 13.0. The maximum Gasteiger partial charge on any atom is 0.253 e. The third-order valence-corrected chi connectivity index (χ3v) is 3.06. The van der Waals surface area contributed by atoms with Crippen molar-refractivity contribution < 1.29 is 9.18 Å². The van der Waals surface area contributed by atoms with Gasteiger partial charge in [0.05, 0.1) is 0 Å². The highest BCUT2D eigenvalue weighted by atomic mass is 79.9. The molecule has 4 nitrogen and oxygen atoms in total. The second kappa shape index (κ2) is 4.83. The molecule has 1 aromatic rings. The minimum absolute atomic E-state index is 0.190. The van der Waals surface area contributed by atoms with Crippen LogP contribution in [0.4, 0.5) is 4.39 Å². The van der Waals surface area contributed by atoms with E-state index in [1.54, 1.807) is 6.07 Å². The van der Waals surface area contributed by atoms with Crippen LogP contribution < -0.4 is 10.6 Å². The third-order valence-electron chi connectivity index (χ3n) is 2.37. The fraction of sp³-hybridized carbons (Fsp3) is 0.273. The molecule has 1 unspecified atom stereocenters. The first-order valence-electron chi connectivity index (χ1n) is 5.18. The molecule has 17 heavy (non-hydrogen) atoms. The van der Waals surface area contributed by atoms with Crippen molar-refractivity contribution in [1.29, 1.82) is 0 Å². The van der Waals surface area contributed by atoms with Gasteiger partial charge >= 0.3 is 0 Å². The van der Waals surface area contributed by atoms with Crippen LogP contribution in [0.5, 0.6) is 0 Å². The number of rotatable bonds is 2. The molecule has 2 rings (SSSR count). The van der Waals surface area contributed by atoms with Crippen molar-refractivity contribution in [2.75, 3.05) is 6.54 Å². The average Bonchev–Trinajstić information content (AvgIpc) is 2.60. The lowest BCUT2D eigenvalue weighted by Gasteiger charge is -2.10. The van der Waals surface area contributed by atoms with Gasteiger partial charge in [-0.05, 0) is 24.6 Å². The number of guanidine groups is 1. The first kappa shape index (κ1) is 12.0. The number of benzene rings is 1. The summed E-state index contributed by atoms with van der Waals surface area (Å²) < 4.78 is 13.5. The summed E-state index contributed by atoms with van der Waals surface area (Å²) in [5.41, 5.74) is 0.685. The zero-order valence-electron chi connectivity index (χ0n) is 9.13. The molecule has 0 saturated carbocycles. The van der Waals surface area contributed by atoms with E-state index < -0.39 is 6.04 Å². The van der Waals surface area contributed by atoms with E-state index in [4.69, 9.17) is 0 Å². The van der Waals surface area contributed by atoms with Gasteiger partial charge in [-0.25, -0.2) is 4.39 Å². The number of nitrogens with zero attached hydrogens (tertiary/aromatic N) is 1. The highest BCUT2D eigenvalue weighted by Gasteiger charge is 2.30. The van der Waals surface area contributed by atoms with Crippen molar-refractivity contribution in [3.05, 3.63) is 34.1 Å². The van der Waals surface area contributed by atoms with E-state index in [9.17, 15) is 9.18 Å². The number of nitrogens with one attached hydrogen (secondary N) is 2. The molecule has 0 bridgehead atoms. The number of carbonyl (C=O) groups is 1. The van der Waals surface area contributed by atoms with Crippen LogP contribution in [0.1, 0.15) is 18.5 Å². The number of aliphatic imine (C=N–C) groups is 1. The number of halogens is 2. The number of carbonyl (C=O) groups excluding carboxylic acids is 1. The fourth-order valence-corrected chi connectivity index (χ4v) is 2.20. The van der Waals surface area contributed by atoms with Crippen LogP contribution in [0.3, 0.4) is 0 Å². The van der Waals surface area contributed by atoms with Crippen molar-refractivity contribution in [3.8, 4) is 0 Å². The van der Waals surface area contributed by atoms with Gasteiger partial charge in [-0.2, -0.15) is 0 Å². The summed E-state index contributed by atoms with van der Waals surface area (Å²) in [5, 5.41) is 5.59. The predicted octanol–water partition coefficient (Wildman–Crippen LogP) is 1.72. The minimum Gasteiger partial charge on any atom is -0.340 e. The molecule has 1 heterocycles. The second-order valence-corrected chi connectivity index (χ2v) is 4.41. The highest BCUT2D eigenvalue weighted by Crippen LogP contribution is 2.26. The summed E-state index contributed by atoms with van der Waals surface area (Å²) in [5.74, 6) is -0.0790. The average molecular weight is 300 g/mol. The van der Waals surface area contributed by atoms with Crippen LogP contribution in [0.25, 0.3) is 0 Å². The molecule has 90 valence electrons. The van der Waals surface area contributed by atoms with E-state index in [1.807, 2.05) is 6.92 Å². The van der Waals surface area contributed by atoms with E-state index in [0.29, 0.717) is 22.5 Å². The van der Waals surface area contributed by atoms with Crippen molar-refractivity contribution in [2.24, 2.45) is 4.99 Å². The van der Waals surface area contributed by atoms with Gasteiger partial charge in [0.2, 0.25) is 0 Å². The van der Waals surface area contributed by atoms with E-state index in [-0.39, 0.29) is 11.7 Å². The number of hydrogen-bond donors (Lipinski definition) is 2. The molecule has 1 aliphatic heterocycles. The van der Waals surface area contributed by atoms with Gasteiger partial charge in [0.15, 0.2) is 5.96 Å². The Labute approximate surface area is 106 Å². The van der Waals surface area contributed by atoms with E-state index in [2.05, 4.69) is 31.6 Å². The lowest BCUT2D eigenvalue weighted by Crippen LogP contribution is -2.25. The molecule has 0 spiro atoms. The van der Waals surface area contributed by atoms with Crippen molar-refractivity contribution in [1.82, 2.24) is 10.6 Å². The molecule has 1 amide bonds. The van der Waals surface area contributed by atoms with Crippen LogP contribution in [0, 0.1) is 5.82 Å². The van der Waals surface area contributed by atoms with Crippen LogP contribution in [0.2, 0.25) is 0 Å². The van der Waals surface area contributed by atoms with Gasteiger partial charge in [0.25, 0.3) is 5.91 Å². The van der Waals surface area contributed by atoms with Gasteiger partial charge in [-0.1, -0.05) is 22.0 Å². The van der Waals surface area contributed by atoms with Gasteiger partial charge in [-0.3, -0.25) is 15.1 Å². The second-order valence-electron chi connectivity index (χ2n) is 3.56. The van der Waals surface area contributed by atoms with Gasteiger partial charge < -0.3 is 5.32 Å². The van der Waals surface area contributed by atoms with Gasteiger partial charge in [0, 0.05) is 11.0 Å². The molecule has 0 radical (unpaired) electrons. The summed E-state index contributed by atoms with van der Waals surface area (Å²) in [6, 6.07) is 3.70. The van der Waals surface area contributed by atoms with E-state index in [1.165, 1.54) is 12.1 Å². The van der Waals surface area contributed by atoms with Crippen LogP contribution >= 0.6 is 15.9 Å². The van der Waals surface area contributed by atoms with Crippen LogP contribution in [-0.2, 0) is 4.79 Å². The fourth-order valence-electron chi connectivity index (χ4n) is 1.63. The largest absolute Gasteiger partial charge is 0.340 e. The molecular weight excluding hydrogens is 289 g/mol. The Morgan fingerprint density at radius 2 is 2.29 bits per heavy atom. The standard InChI is InChI=1S/C11H11BrFN3O/c1-2-14-11-15-9(10(17)16-11)7-4-3-6(13)5-8(7)12/h3-5,9H,2H2,1H3,(H2,14,15,16,17). The monoisotopic (exact) mass is 299 g/mol. The summed E-state index contributed by atoms with van der Waals surface area (Å²) in [6.07, 6.45) is 0. The molecule has 1 fully saturated rings. The Kier molecular flexibility index (Phi) is 3.42. The van der Waals surface area contributed by atoms with Crippen molar-refractivity contribution in [3.63, 3.8) is 0 Å². The molecule has 0 aliphatic carbocycles. The maximum absolute atomic E-state index is 13.0. The van der Waals surface area contributed by atoms with Crippen LogP contribution in [0.15, 0.2) is 27.7 Å². The number of amides is 1. The Bertz CT molecular complexity index is 490.